The van der Waals surface area contributed by atoms with Gasteiger partial charge in [-0.1, -0.05) is 145 Å². The molecule has 18 nitrogen and oxygen atoms in total. The van der Waals surface area contributed by atoms with Crippen molar-refractivity contribution in [1.82, 2.24) is 50.5 Å². The highest BCUT2D eigenvalue weighted by Gasteiger charge is 2.27. The molecule has 0 saturated heterocycles. The van der Waals surface area contributed by atoms with Gasteiger partial charge in [-0.2, -0.15) is 0 Å². The first-order chi connectivity index (χ1) is 42.8. The molecule has 8 aromatic heterocycles. The third-order valence-corrected chi connectivity index (χ3v) is 16.0. The molecule has 6 aromatic carbocycles. The van der Waals surface area contributed by atoms with Crippen molar-refractivity contribution in [2.45, 2.75) is 26.2 Å². The Kier molecular flexibility index (Phi) is 17.5. The second-order valence-corrected chi connectivity index (χ2v) is 21.6. The van der Waals surface area contributed by atoms with E-state index in [1.807, 2.05) is 121 Å². The summed E-state index contributed by atoms with van der Waals surface area (Å²) < 4.78 is 0. The number of nitrogens with two attached hydrogens (primary N) is 2. The maximum absolute atomic E-state index is 12.0. The van der Waals surface area contributed by atoms with E-state index in [2.05, 4.69) is 74.8 Å². The molecule has 22 heteroatoms. The Morgan fingerprint density at radius 2 is 0.789 bits per heavy atom. The van der Waals surface area contributed by atoms with Crippen LogP contribution < -0.4 is 22.1 Å². The lowest BCUT2D eigenvalue weighted by Gasteiger charge is -2.03. The van der Waals surface area contributed by atoms with E-state index >= 15 is 0 Å². The summed E-state index contributed by atoms with van der Waals surface area (Å²) in [5.74, 6) is -1.99. The number of carboxylic acids is 2. The Balaban J connectivity index is 0.000000124. The first-order valence-electron chi connectivity index (χ1n) is 27.8. The van der Waals surface area contributed by atoms with Gasteiger partial charge in [-0.3, -0.25) is 19.6 Å². The van der Waals surface area contributed by atoms with Crippen molar-refractivity contribution in [3.63, 3.8) is 0 Å². The lowest BCUT2D eigenvalue weighted by molar-refractivity contribution is 0.0687. The highest BCUT2D eigenvalue weighted by Crippen LogP contribution is 2.36. The number of fused-ring (bicyclic) bond motifs is 16. The summed E-state index contributed by atoms with van der Waals surface area (Å²) in [4.78, 5) is 76.8. The van der Waals surface area contributed by atoms with Crippen LogP contribution in [0.5, 0.6) is 0 Å². The molecule has 448 valence electrons. The number of halogens is 4. The van der Waals surface area contributed by atoms with E-state index in [4.69, 9.17) is 34.7 Å². The number of hydrogen-bond donors (Lipinski definition) is 10. The Hall–Kier alpha value is -10.4. The number of H-pyrrole nitrogens is 4. The van der Waals surface area contributed by atoms with Crippen molar-refractivity contribution in [1.29, 1.82) is 0 Å². The van der Waals surface area contributed by atoms with Crippen LogP contribution in [0, 0.1) is 0 Å². The second-order valence-electron chi connectivity index (χ2n) is 20.9. The molecule has 0 unspecified atom stereocenters. The van der Waals surface area contributed by atoms with E-state index in [0.717, 1.165) is 121 Å². The predicted molar refractivity (Wildman–Crippen MR) is 362 cm³/mol. The van der Waals surface area contributed by atoms with Gasteiger partial charge in [-0.15, -0.1) is 24.8 Å². The highest BCUT2D eigenvalue weighted by molar-refractivity contribution is 6.31. The number of rotatable bonds is 8. The zero-order chi connectivity index (χ0) is 60.7. The minimum Gasteiger partial charge on any atom is -0.478 e. The molecular formula is C68H52Cl4N12O6. The van der Waals surface area contributed by atoms with Gasteiger partial charge in [0.15, 0.2) is 0 Å². The molecule has 16 rings (SSSR count). The zero-order valence-electron chi connectivity index (χ0n) is 47.2. The van der Waals surface area contributed by atoms with Crippen LogP contribution in [0.4, 0.5) is 0 Å². The number of nitrogens with zero attached hydrogens (tertiary/aromatic N) is 4. The molecule has 10 heterocycles. The third-order valence-electron chi connectivity index (χ3n) is 15.6. The number of pyridine rings is 4. The van der Waals surface area contributed by atoms with Crippen LogP contribution in [-0.2, 0) is 26.2 Å². The van der Waals surface area contributed by atoms with Gasteiger partial charge in [0.1, 0.15) is 10.3 Å². The number of nitrogens with one attached hydrogen (secondary N) is 6. The standard InChI is InChI=1S/C21H17N3O2.C21H15N3O.C13H10ClN3O2.C13H8ClN3O.2ClH/c22-11-18-19(21(25)26)16-9-7-14-12-23-15(10-17(14)20(16)24-18)8-6-13-4-2-1-3-5-13;25-21-19-16-9-7-14-11-22-15(8-6-13-4-2-1-3-5-13)10-17(14)20(16)24-18(19)12-23-21;14-10-3-8-6(5-16-10)1-2-7-11(13(18)19)9(4-15)17-12(7)8;14-10-3-8-6(4-15-10)1-2-7-11-9(17-12(7)8)5-16-13(11)18;;/h1-10,12,24H,11,22H2,(H,25,26);1-11,24H,12H2,(H,23,25);1-3,5,17H,4,15H2,(H,18,19);1-4,17H,5H2,(H,16,18);2*1H. The number of amides is 2. The summed E-state index contributed by atoms with van der Waals surface area (Å²) in [6.45, 7) is 1.40. The van der Waals surface area contributed by atoms with Gasteiger partial charge in [0.05, 0.1) is 68.8 Å². The summed E-state index contributed by atoms with van der Waals surface area (Å²) in [6, 6.07) is 42.9. The summed E-state index contributed by atoms with van der Waals surface area (Å²) >= 11 is 11.8. The fourth-order valence-corrected chi connectivity index (χ4v) is 11.8. The molecule has 2 aliphatic rings. The van der Waals surface area contributed by atoms with Crippen molar-refractivity contribution in [3.8, 4) is 0 Å². The van der Waals surface area contributed by atoms with Crippen LogP contribution in [0.1, 0.15) is 86.7 Å². The summed E-state index contributed by atoms with van der Waals surface area (Å²) in [6.07, 6.45) is 15.1. The fraction of sp³-hybridized carbons (Fsp3) is 0.0588. The van der Waals surface area contributed by atoms with Crippen molar-refractivity contribution in [2.24, 2.45) is 11.5 Å². The Morgan fingerprint density at radius 3 is 1.16 bits per heavy atom. The average Bonchev–Trinajstić information content (AvgIpc) is 1.67. The minimum absolute atomic E-state index is 0. The van der Waals surface area contributed by atoms with E-state index in [1.165, 1.54) is 0 Å². The molecular weight excluding hydrogens is 1220 g/mol. The number of aromatic carboxylic acids is 2. The van der Waals surface area contributed by atoms with Crippen LogP contribution >= 0.6 is 48.0 Å². The SMILES string of the molecule is Cl.Cl.NCc1[nH]c2c(ccc3cnc(C=Cc4ccccc4)cc32)c1C(=O)O.NCc1[nH]c2c(ccc3cnc(Cl)cc32)c1C(=O)O.O=C1NCc2[nH]c3c(ccc4cnc(C=Cc5ccccc5)cc43)c21.O=C1NCc2[nH]c3c(ccc4cnc(Cl)cc43)c21. The van der Waals surface area contributed by atoms with Crippen molar-refractivity contribution in [3.05, 3.63) is 236 Å². The lowest BCUT2D eigenvalue weighted by Crippen LogP contribution is -2.13. The summed E-state index contributed by atoms with van der Waals surface area (Å²) in [5.41, 5.74) is 23.6. The average molecular weight is 1280 g/mol. The zero-order valence-corrected chi connectivity index (χ0v) is 50.3. The molecule has 2 aliphatic heterocycles. The molecule has 0 fully saturated rings. The number of aromatic amines is 4. The van der Waals surface area contributed by atoms with Gasteiger partial charge < -0.3 is 52.2 Å². The third kappa shape index (κ3) is 11.6. The lowest BCUT2D eigenvalue weighted by atomic mass is 10.1. The van der Waals surface area contributed by atoms with Crippen LogP contribution in [0.25, 0.3) is 111 Å². The van der Waals surface area contributed by atoms with Crippen LogP contribution in [0.2, 0.25) is 10.3 Å². The monoisotopic (exact) mass is 1270 g/mol. The molecule has 0 saturated carbocycles. The van der Waals surface area contributed by atoms with Gasteiger partial charge in [0, 0.05) is 125 Å². The van der Waals surface area contributed by atoms with E-state index in [9.17, 15) is 29.4 Å². The number of carbonyl (C=O) groups excluding carboxylic acids is 2. The molecule has 0 atom stereocenters. The molecule has 2 amide bonds. The van der Waals surface area contributed by atoms with Gasteiger partial charge in [0.25, 0.3) is 11.8 Å². The molecule has 90 heavy (non-hydrogen) atoms. The van der Waals surface area contributed by atoms with E-state index in [0.29, 0.717) is 45.6 Å². The van der Waals surface area contributed by atoms with E-state index < -0.39 is 11.9 Å². The number of carbonyl (C=O) groups is 4. The topological polar surface area (TPSA) is 300 Å². The molecule has 0 spiro atoms. The van der Waals surface area contributed by atoms with Crippen LogP contribution in [-0.4, -0.2) is 73.8 Å². The molecule has 12 N–H and O–H groups in total. The number of aromatic nitrogens is 8. The second kappa shape index (κ2) is 25.7. The normalized spacial score (nSPS) is 12.4. The van der Waals surface area contributed by atoms with Crippen molar-refractivity contribution in [2.75, 3.05) is 0 Å². The molecule has 0 aliphatic carbocycles. The van der Waals surface area contributed by atoms with E-state index in [-0.39, 0.29) is 60.8 Å². The highest BCUT2D eigenvalue weighted by atomic mass is 35.5. The maximum Gasteiger partial charge on any atom is 0.338 e. The largest absolute Gasteiger partial charge is 0.478 e. The maximum atomic E-state index is 12.0. The predicted octanol–water partition coefficient (Wildman–Crippen LogP) is 14.2. The Labute approximate surface area is 533 Å². The minimum atomic E-state index is -0.994. The number of carboxylic acid groups (broad SMARTS) is 2. The number of benzene rings is 6. The summed E-state index contributed by atoms with van der Waals surface area (Å²) in [5, 5.41) is 36.2. The van der Waals surface area contributed by atoms with E-state index in [1.54, 1.807) is 36.8 Å². The van der Waals surface area contributed by atoms with Gasteiger partial charge >= 0.3 is 11.9 Å². The summed E-state index contributed by atoms with van der Waals surface area (Å²) in [7, 11) is 0. The molecule has 0 bridgehead atoms. The van der Waals surface area contributed by atoms with Crippen molar-refractivity contribution >= 4 is 183 Å². The fourth-order valence-electron chi connectivity index (χ4n) is 11.5. The molecule has 0 radical (unpaired) electrons. The smallest absolute Gasteiger partial charge is 0.338 e. The van der Waals surface area contributed by atoms with Gasteiger partial charge in [-0.05, 0) is 47.5 Å². The van der Waals surface area contributed by atoms with Gasteiger partial charge in [-0.25, -0.2) is 19.6 Å². The van der Waals surface area contributed by atoms with Gasteiger partial charge in [0.2, 0.25) is 0 Å². The Morgan fingerprint density at radius 1 is 0.444 bits per heavy atom. The van der Waals surface area contributed by atoms with Crippen LogP contribution in [0.15, 0.2) is 158 Å². The van der Waals surface area contributed by atoms with Crippen LogP contribution in [0.3, 0.4) is 0 Å². The first-order valence-corrected chi connectivity index (χ1v) is 28.5. The number of hydrogen-bond acceptors (Lipinski definition) is 10. The Bertz CT molecular complexity index is 5240. The first kappa shape index (κ1) is 61.2. The quantitative estimate of drug-likeness (QED) is 0.0635. The molecule has 14 aromatic rings. The van der Waals surface area contributed by atoms with Crippen molar-refractivity contribution < 1.29 is 29.4 Å².